The summed E-state index contributed by atoms with van der Waals surface area (Å²) in [6.07, 6.45) is 5.46. The van der Waals surface area contributed by atoms with Crippen LogP contribution in [0.25, 0.3) is 0 Å². The molecule has 92 valence electrons. The van der Waals surface area contributed by atoms with Crippen molar-refractivity contribution in [3.05, 3.63) is 16.6 Å². The van der Waals surface area contributed by atoms with E-state index in [9.17, 15) is 4.79 Å². The number of hydrogen-bond acceptors (Lipinski definition) is 4. The van der Waals surface area contributed by atoms with E-state index in [0.717, 1.165) is 19.5 Å². The molecule has 1 aromatic heterocycles. The number of nitrogens with zero attached hydrogens (tertiary/aromatic N) is 3. The Kier molecular flexibility index (Phi) is 3.11. The largest absolute Gasteiger partial charge is 0.335 e. The van der Waals surface area contributed by atoms with E-state index in [4.69, 9.17) is 0 Å². The summed E-state index contributed by atoms with van der Waals surface area (Å²) in [5.41, 5.74) is 0. The normalized spacial score (nSPS) is 25.6. The summed E-state index contributed by atoms with van der Waals surface area (Å²) in [6, 6.07) is 0.585. The predicted molar refractivity (Wildman–Crippen MR) is 67.2 cm³/mol. The minimum absolute atomic E-state index is 0.113. The summed E-state index contributed by atoms with van der Waals surface area (Å²) in [5.74, 6) is 0.113. The number of hydrogen-bond donors (Lipinski definition) is 0. The molecule has 4 nitrogen and oxygen atoms in total. The molecule has 2 saturated heterocycles. The maximum atomic E-state index is 12.1. The fourth-order valence-corrected chi connectivity index (χ4v) is 3.40. The van der Waals surface area contributed by atoms with Crippen LogP contribution in [0.2, 0.25) is 0 Å². The van der Waals surface area contributed by atoms with Crippen LogP contribution in [0.15, 0.2) is 11.6 Å². The molecular formula is C12H17N3OS. The van der Waals surface area contributed by atoms with Gasteiger partial charge in [0.25, 0.3) is 5.91 Å². The standard InChI is InChI=1S/C12H17N3OS/c16-12(11-13-4-8-17-11)15-7-3-10(9-15)14-5-1-2-6-14/h4,8,10H,1-3,5-7,9H2. The van der Waals surface area contributed by atoms with Crippen LogP contribution in [0, 0.1) is 0 Å². The van der Waals surface area contributed by atoms with Crippen molar-refractivity contribution in [1.82, 2.24) is 14.8 Å². The van der Waals surface area contributed by atoms with Gasteiger partial charge in [0, 0.05) is 30.7 Å². The highest BCUT2D eigenvalue weighted by Gasteiger charge is 2.32. The highest BCUT2D eigenvalue weighted by atomic mass is 32.1. The molecule has 3 rings (SSSR count). The van der Waals surface area contributed by atoms with Gasteiger partial charge in [0.1, 0.15) is 0 Å². The molecule has 17 heavy (non-hydrogen) atoms. The molecule has 2 aliphatic rings. The predicted octanol–water partition coefficient (Wildman–Crippen LogP) is 1.45. The van der Waals surface area contributed by atoms with Gasteiger partial charge in [0.05, 0.1) is 0 Å². The summed E-state index contributed by atoms with van der Waals surface area (Å²) in [4.78, 5) is 20.7. The lowest BCUT2D eigenvalue weighted by Gasteiger charge is -2.23. The molecule has 3 heterocycles. The Labute approximate surface area is 105 Å². The molecule has 2 aliphatic heterocycles. The lowest BCUT2D eigenvalue weighted by Crippen LogP contribution is -2.37. The smallest absolute Gasteiger partial charge is 0.282 e. The van der Waals surface area contributed by atoms with Crippen LogP contribution in [-0.2, 0) is 0 Å². The van der Waals surface area contributed by atoms with Crippen molar-refractivity contribution in [2.24, 2.45) is 0 Å². The highest BCUT2D eigenvalue weighted by Crippen LogP contribution is 2.22. The van der Waals surface area contributed by atoms with Crippen molar-refractivity contribution in [3.8, 4) is 0 Å². The third-order valence-electron chi connectivity index (χ3n) is 3.72. The van der Waals surface area contributed by atoms with Crippen LogP contribution in [0.4, 0.5) is 0 Å². The molecule has 0 N–H and O–H groups in total. The Bertz CT molecular complexity index is 386. The van der Waals surface area contributed by atoms with E-state index in [-0.39, 0.29) is 5.91 Å². The second-order valence-electron chi connectivity index (χ2n) is 4.77. The van der Waals surface area contributed by atoms with Crippen molar-refractivity contribution in [2.45, 2.75) is 25.3 Å². The van der Waals surface area contributed by atoms with Gasteiger partial charge in [0.2, 0.25) is 0 Å². The van der Waals surface area contributed by atoms with Crippen molar-refractivity contribution >= 4 is 17.2 Å². The average molecular weight is 251 g/mol. The van der Waals surface area contributed by atoms with E-state index in [1.807, 2.05) is 10.3 Å². The molecule has 0 spiro atoms. The first kappa shape index (κ1) is 11.2. The zero-order valence-corrected chi connectivity index (χ0v) is 10.7. The third-order valence-corrected chi connectivity index (χ3v) is 4.48. The van der Waals surface area contributed by atoms with E-state index >= 15 is 0 Å². The van der Waals surface area contributed by atoms with Gasteiger partial charge in [0.15, 0.2) is 5.01 Å². The molecule has 0 aromatic carbocycles. The van der Waals surface area contributed by atoms with Crippen molar-refractivity contribution in [3.63, 3.8) is 0 Å². The Morgan fingerprint density at radius 1 is 1.35 bits per heavy atom. The number of carbonyl (C=O) groups is 1. The number of aromatic nitrogens is 1. The molecule has 0 saturated carbocycles. The maximum absolute atomic E-state index is 12.1. The molecule has 1 amide bonds. The van der Waals surface area contributed by atoms with Crippen molar-refractivity contribution in [2.75, 3.05) is 26.2 Å². The molecule has 1 aromatic rings. The molecule has 1 atom stereocenters. The van der Waals surface area contributed by atoms with Crippen LogP contribution in [0.5, 0.6) is 0 Å². The van der Waals surface area contributed by atoms with Gasteiger partial charge in [-0.3, -0.25) is 9.69 Å². The minimum Gasteiger partial charge on any atom is -0.335 e. The van der Waals surface area contributed by atoms with E-state index < -0.39 is 0 Å². The first-order valence-electron chi connectivity index (χ1n) is 6.27. The van der Waals surface area contributed by atoms with E-state index in [2.05, 4.69) is 9.88 Å². The van der Waals surface area contributed by atoms with Crippen LogP contribution in [0.1, 0.15) is 29.1 Å². The van der Waals surface area contributed by atoms with Gasteiger partial charge >= 0.3 is 0 Å². The molecular weight excluding hydrogens is 234 g/mol. The zero-order chi connectivity index (χ0) is 11.7. The number of thiazole rings is 1. The number of likely N-dealkylation sites (tertiary alicyclic amines) is 2. The average Bonchev–Trinajstić information content (AvgIpc) is 3.09. The summed E-state index contributed by atoms with van der Waals surface area (Å²) in [7, 11) is 0. The first-order valence-corrected chi connectivity index (χ1v) is 7.15. The highest BCUT2D eigenvalue weighted by molar-refractivity contribution is 7.11. The quantitative estimate of drug-likeness (QED) is 0.798. The van der Waals surface area contributed by atoms with Gasteiger partial charge in [-0.25, -0.2) is 4.98 Å². The zero-order valence-electron chi connectivity index (χ0n) is 9.84. The van der Waals surface area contributed by atoms with Crippen LogP contribution in [0.3, 0.4) is 0 Å². The topological polar surface area (TPSA) is 36.4 Å². The fraction of sp³-hybridized carbons (Fsp3) is 0.667. The second kappa shape index (κ2) is 4.74. The third kappa shape index (κ3) is 2.21. The summed E-state index contributed by atoms with van der Waals surface area (Å²) < 4.78 is 0. The minimum atomic E-state index is 0.113. The van der Waals surface area contributed by atoms with E-state index in [0.29, 0.717) is 11.0 Å². The van der Waals surface area contributed by atoms with Crippen molar-refractivity contribution < 1.29 is 4.79 Å². The molecule has 1 unspecified atom stereocenters. The van der Waals surface area contributed by atoms with Crippen LogP contribution >= 0.6 is 11.3 Å². The lowest BCUT2D eigenvalue weighted by molar-refractivity contribution is 0.0779. The lowest BCUT2D eigenvalue weighted by atomic mass is 10.2. The van der Waals surface area contributed by atoms with Gasteiger partial charge in [-0.05, 0) is 32.4 Å². The van der Waals surface area contributed by atoms with Gasteiger partial charge in [-0.2, -0.15) is 0 Å². The summed E-state index contributed by atoms with van der Waals surface area (Å²) >= 11 is 1.44. The second-order valence-corrected chi connectivity index (χ2v) is 5.67. The Morgan fingerprint density at radius 3 is 2.88 bits per heavy atom. The number of carbonyl (C=O) groups excluding carboxylic acids is 1. The molecule has 5 heteroatoms. The van der Waals surface area contributed by atoms with Gasteiger partial charge in [-0.15, -0.1) is 11.3 Å². The molecule has 0 bridgehead atoms. The molecule has 0 radical (unpaired) electrons. The number of rotatable bonds is 2. The fourth-order valence-electron chi connectivity index (χ4n) is 2.80. The molecule has 0 aliphatic carbocycles. The van der Waals surface area contributed by atoms with Crippen LogP contribution in [-0.4, -0.2) is 52.9 Å². The summed E-state index contributed by atoms with van der Waals surface area (Å²) in [5, 5.41) is 2.49. The van der Waals surface area contributed by atoms with Gasteiger partial charge in [-0.1, -0.05) is 0 Å². The monoisotopic (exact) mass is 251 g/mol. The molecule has 2 fully saturated rings. The van der Waals surface area contributed by atoms with E-state index in [1.54, 1.807) is 6.20 Å². The number of amides is 1. The maximum Gasteiger partial charge on any atom is 0.282 e. The Balaban J connectivity index is 1.62. The van der Waals surface area contributed by atoms with Gasteiger partial charge < -0.3 is 4.90 Å². The Hall–Kier alpha value is -0.940. The summed E-state index contributed by atoms with van der Waals surface area (Å²) in [6.45, 7) is 4.20. The van der Waals surface area contributed by atoms with Crippen molar-refractivity contribution in [1.29, 1.82) is 0 Å². The van der Waals surface area contributed by atoms with Crippen LogP contribution < -0.4 is 0 Å². The first-order chi connectivity index (χ1) is 8.34. The Morgan fingerprint density at radius 2 is 2.18 bits per heavy atom. The SMILES string of the molecule is O=C(c1nccs1)N1CCC(N2CCCC2)C1. The van der Waals surface area contributed by atoms with E-state index in [1.165, 1.54) is 37.3 Å².